The number of amides is 1. The van der Waals surface area contributed by atoms with Gasteiger partial charge in [-0.1, -0.05) is 24.3 Å². The van der Waals surface area contributed by atoms with Crippen molar-refractivity contribution >= 4 is 17.2 Å². The average Bonchev–Trinajstić information content (AvgIpc) is 3.17. The number of aromatic nitrogens is 1. The molecule has 1 N–H and O–H groups in total. The molecule has 0 spiro atoms. The van der Waals surface area contributed by atoms with Crippen molar-refractivity contribution in [3.8, 4) is 22.1 Å². The molecule has 0 fully saturated rings. The molecule has 0 aliphatic rings. The summed E-state index contributed by atoms with van der Waals surface area (Å²) >= 11 is 1.32. The van der Waals surface area contributed by atoms with Crippen LogP contribution in [0.15, 0.2) is 47.8 Å². The van der Waals surface area contributed by atoms with Crippen LogP contribution in [-0.4, -0.2) is 25.1 Å². The van der Waals surface area contributed by atoms with Crippen LogP contribution < -0.4 is 14.8 Å². The van der Waals surface area contributed by atoms with Crippen LogP contribution in [0.1, 0.15) is 29.0 Å². The molecule has 0 radical (unpaired) electrons. The molecule has 2 aromatic carbocycles. The molecule has 7 heteroatoms. The summed E-state index contributed by atoms with van der Waals surface area (Å²) in [6.45, 7) is 1.73. The number of hydrogen-bond acceptors (Lipinski definition) is 5. The molecule has 1 aromatic heterocycles. The number of para-hydroxylation sites is 1. The summed E-state index contributed by atoms with van der Waals surface area (Å²) in [6, 6.07) is 11.4. The van der Waals surface area contributed by atoms with Crippen molar-refractivity contribution in [2.45, 2.75) is 13.0 Å². The highest BCUT2D eigenvalue weighted by molar-refractivity contribution is 7.13. The molecule has 0 aliphatic heterocycles. The van der Waals surface area contributed by atoms with E-state index in [1.807, 2.05) is 12.1 Å². The quantitative estimate of drug-likeness (QED) is 0.680. The Morgan fingerprint density at radius 3 is 2.63 bits per heavy atom. The second-order valence-electron chi connectivity index (χ2n) is 5.80. The summed E-state index contributed by atoms with van der Waals surface area (Å²) < 4.78 is 24.6. The Hall–Kier alpha value is -2.93. The maximum Gasteiger partial charge on any atom is 0.271 e. The van der Waals surface area contributed by atoms with Crippen LogP contribution in [-0.2, 0) is 0 Å². The number of rotatable bonds is 6. The molecule has 0 saturated heterocycles. The lowest BCUT2D eigenvalue weighted by molar-refractivity contribution is 0.0935. The molecule has 1 atom stereocenters. The number of carbonyl (C=O) groups is 1. The van der Waals surface area contributed by atoms with Crippen LogP contribution in [0.3, 0.4) is 0 Å². The molecule has 1 unspecified atom stereocenters. The molecule has 0 bridgehead atoms. The van der Waals surface area contributed by atoms with Gasteiger partial charge in [0.25, 0.3) is 5.91 Å². The first-order chi connectivity index (χ1) is 13.0. The summed E-state index contributed by atoms with van der Waals surface area (Å²) in [5.74, 6) is 0.422. The van der Waals surface area contributed by atoms with Crippen molar-refractivity contribution in [2.24, 2.45) is 0 Å². The van der Waals surface area contributed by atoms with E-state index in [4.69, 9.17) is 9.47 Å². The smallest absolute Gasteiger partial charge is 0.271 e. The Kier molecular flexibility index (Phi) is 5.71. The lowest BCUT2D eigenvalue weighted by Crippen LogP contribution is -2.27. The monoisotopic (exact) mass is 386 g/mol. The summed E-state index contributed by atoms with van der Waals surface area (Å²) in [6.07, 6.45) is 0. The highest BCUT2D eigenvalue weighted by Gasteiger charge is 2.19. The van der Waals surface area contributed by atoms with Crippen LogP contribution in [0.25, 0.3) is 10.6 Å². The van der Waals surface area contributed by atoms with Gasteiger partial charge >= 0.3 is 0 Å². The normalized spacial score (nSPS) is 11.7. The van der Waals surface area contributed by atoms with Gasteiger partial charge in [0.2, 0.25) is 0 Å². The molecule has 3 rings (SSSR count). The fourth-order valence-electron chi connectivity index (χ4n) is 2.73. The number of ether oxygens (including phenoxy) is 2. The number of halogens is 1. The van der Waals surface area contributed by atoms with E-state index in [2.05, 4.69) is 10.3 Å². The van der Waals surface area contributed by atoms with Gasteiger partial charge in [-0.25, -0.2) is 9.37 Å². The highest BCUT2D eigenvalue weighted by Crippen LogP contribution is 2.39. The van der Waals surface area contributed by atoms with Crippen molar-refractivity contribution in [3.05, 3.63) is 64.9 Å². The Balaban J connectivity index is 1.82. The Labute approximate surface area is 160 Å². The number of hydrogen-bond donors (Lipinski definition) is 1. The standard InChI is InChI=1S/C20H19FN2O3S/c1-12(13-7-4-5-9-15(13)21)22-19(24)16-11-27-20(23-16)14-8-6-10-17(25-2)18(14)26-3/h4-12H,1-3H3,(H,22,24). The fraction of sp³-hybridized carbons (Fsp3) is 0.200. The van der Waals surface area contributed by atoms with Gasteiger partial charge in [-0.3, -0.25) is 4.79 Å². The van der Waals surface area contributed by atoms with Crippen molar-refractivity contribution in [1.82, 2.24) is 10.3 Å². The van der Waals surface area contributed by atoms with Gasteiger partial charge in [-0.15, -0.1) is 11.3 Å². The number of nitrogens with zero attached hydrogens (tertiary/aromatic N) is 1. The third-order valence-corrected chi connectivity index (χ3v) is 4.97. The summed E-state index contributed by atoms with van der Waals surface area (Å²) in [5.41, 5.74) is 1.43. The number of benzene rings is 2. The Bertz CT molecular complexity index is 958. The topological polar surface area (TPSA) is 60.5 Å². The van der Waals surface area contributed by atoms with Crippen molar-refractivity contribution in [2.75, 3.05) is 14.2 Å². The van der Waals surface area contributed by atoms with Crippen LogP contribution in [0.5, 0.6) is 11.5 Å². The molecule has 140 valence electrons. The van der Waals surface area contributed by atoms with E-state index in [9.17, 15) is 9.18 Å². The first-order valence-electron chi connectivity index (χ1n) is 8.27. The Morgan fingerprint density at radius 2 is 1.93 bits per heavy atom. The number of thiazole rings is 1. The zero-order chi connectivity index (χ0) is 19.4. The van der Waals surface area contributed by atoms with Crippen LogP contribution >= 0.6 is 11.3 Å². The van der Waals surface area contributed by atoms with Crippen molar-refractivity contribution < 1.29 is 18.7 Å². The van der Waals surface area contributed by atoms with E-state index in [0.717, 1.165) is 5.56 Å². The number of methoxy groups -OCH3 is 2. The van der Waals surface area contributed by atoms with E-state index >= 15 is 0 Å². The maximum absolute atomic E-state index is 13.9. The second kappa shape index (κ2) is 8.18. The van der Waals surface area contributed by atoms with E-state index in [1.165, 1.54) is 17.4 Å². The van der Waals surface area contributed by atoms with Gasteiger partial charge in [0.1, 0.15) is 16.5 Å². The molecule has 1 heterocycles. The molecule has 3 aromatic rings. The summed E-state index contributed by atoms with van der Waals surface area (Å²) in [7, 11) is 3.12. The molecule has 0 saturated carbocycles. The van der Waals surface area contributed by atoms with Gasteiger partial charge < -0.3 is 14.8 Å². The minimum Gasteiger partial charge on any atom is -0.493 e. The highest BCUT2D eigenvalue weighted by atomic mass is 32.1. The largest absolute Gasteiger partial charge is 0.493 e. The fourth-order valence-corrected chi connectivity index (χ4v) is 3.55. The first-order valence-corrected chi connectivity index (χ1v) is 9.15. The van der Waals surface area contributed by atoms with Gasteiger partial charge in [0, 0.05) is 10.9 Å². The number of nitrogens with one attached hydrogen (secondary N) is 1. The van der Waals surface area contributed by atoms with E-state index in [1.54, 1.807) is 50.8 Å². The van der Waals surface area contributed by atoms with Crippen LogP contribution in [0, 0.1) is 5.82 Å². The van der Waals surface area contributed by atoms with E-state index in [0.29, 0.717) is 22.1 Å². The molecule has 1 amide bonds. The molecule has 5 nitrogen and oxygen atoms in total. The maximum atomic E-state index is 13.9. The van der Waals surface area contributed by atoms with Crippen molar-refractivity contribution in [3.63, 3.8) is 0 Å². The first kappa shape index (κ1) is 18.8. The minimum atomic E-state index is -0.477. The molecule has 27 heavy (non-hydrogen) atoms. The molecular formula is C20H19FN2O3S. The van der Waals surface area contributed by atoms with Gasteiger partial charge in [0.15, 0.2) is 11.5 Å². The second-order valence-corrected chi connectivity index (χ2v) is 6.65. The number of carbonyl (C=O) groups excluding carboxylic acids is 1. The van der Waals surface area contributed by atoms with Crippen molar-refractivity contribution in [1.29, 1.82) is 0 Å². The predicted molar refractivity (Wildman–Crippen MR) is 103 cm³/mol. The van der Waals surface area contributed by atoms with Gasteiger partial charge in [-0.05, 0) is 25.1 Å². The van der Waals surface area contributed by atoms with Gasteiger partial charge in [0.05, 0.1) is 25.8 Å². The lowest BCUT2D eigenvalue weighted by Gasteiger charge is -2.14. The minimum absolute atomic E-state index is 0.267. The summed E-state index contributed by atoms with van der Waals surface area (Å²) in [4.78, 5) is 16.9. The van der Waals surface area contributed by atoms with E-state index < -0.39 is 6.04 Å². The van der Waals surface area contributed by atoms with Gasteiger partial charge in [-0.2, -0.15) is 0 Å². The third-order valence-electron chi connectivity index (χ3n) is 4.09. The zero-order valence-corrected chi connectivity index (χ0v) is 16.0. The van der Waals surface area contributed by atoms with E-state index in [-0.39, 0.29) is 17.4 Å². The molecular weight excluding hydrogens is 367 g/mol. The summed E-state index contributed by atoms with van der Waals surface area (Å²) in [5, 5.41) is 5.08. The van der Waals surface area contributed by atoms with Crippen LogP contribution in [0.4, 0.5) is 4.39 Å². The zero-order valence-electron chi connectivity index (χ0n) is 15.2. The average molecular weight is 386 g/mol. The molecule has 0 aliphatic carbocycles. The lowest BCUT2D eigenvalue weighted by atomic mass is 10.1. The Morgan fingerprint density at radius 1 is 1.15 bits per heavy atom. The predicted octanol–water partition coefficient (Wildman–Crippen LogP) is 4.46. The SMILES string of the molecule is COc1cccc(-c2nc(C(=O)NC(C)c3ccccc3F)cs2)c1OC. The third kappa shape index (κ3) is 3.93. The van der Waals surface area contributed by atoms with Crippen LogP contribution in [0.2, 0.25) is 0 Å².